The molecule has 1 aromatic carbocycles. The third-order valence-electron chi connectivity index (χ3n) is 4.28. The molecule has 0 radical (unpaired) electrons. The van der Waals surface area contributed by atoms with E-state index in [9.17, 15) is 18.0 Å². The largest absolute Gasteiger partial charge is 0.490 e. The average molecular weight is 410 g/mol. The summed E-state index contributed by atoms with van der Waals surface area (Å²) in [5, 5.41) is 0. The molecule has 2 heterocycles. The van der Waals surface area contributed by atoms with Gasteiger partial charge in [-0.25, -0.2) is 4.98 Å². The summed E-state index contributed by atoms with van der Waals surface area (Å²) in [5.41, 5.74) is -0.376. The summed E-state index contributed by atoms with van der Waals surface area (Å²) >= 11 is 0. The van der Waals surface area contributed by atoms with Gasteiger partial charge in [-0.1, -0.05) is 0 Å². The first-order valence-electron chi connectivity index (χ1n) is 9.20. The Morgan fingerprint density at radius 3 is 2.38 bits per heavy atom. The lowest BCUT2D eigenvalue weighted by Gasteiger charge is -2.38. The quantitative estimate of drug-likeness (QED) is 0.695. The molecule has 0 saturated carbocycles. The van der Waals surface area contributed by atoms with Crippen molar-refractivity contribution >= 4 is 5.91 Å². The number of pyridine rings is 1. The summed E-state index contributed by atoms with van der Waals surface area (Å²) in [6, 6.07) is 7.10. The zero-order valence-corrected chi connectivity index (χ0v) is 16.0. The number of amides is 1. The monoisotopic (exact) mass is 410 g/mol. The number of hydrogen-bond donors (Lipinski definition) is 0. The molecule has 156 valence electrons. The van der Waals surface area contributed by atoms with E-state index >= 15 is 0 Å². The molecular weight excluding hydrogens is 389 g/mol. The van der Waals surface area contributed by atoms with Gasteiger partial charge in [-0.2, -0.15) is 13.2 Å². The van der Waals surface area contributed by atoms with Gasteiger partial charge in [0.1, 0.15) is 6.10 Å². The van der Waals surface area contributed by atoms with Crippen LogP contribution < -0.4 is 14.2 Å². The molecule has 1 saturated heterocycles. The predicted octanol–water partition coefficient (Wildman–Crippen LogP) is 3.80. The van der Waals surface area contributed by atoms with Crippen LogP contribution >= 0.6 is 0 Å². The number of halogens is 3. The number of rotatable bonds is 7. The first-order valence-corrected chi connectivity index (χ1v) is 9.20. The van der Waals surface area contributed by atoms with Gasteiger partial charge in [-0.05, 0) is 38.1 Å². The highest BCUT2D eigenvalue weighted by Gasteiger charge is 2.34. The van der Waals surface area contributed by atoms with Crippen molar-refractivity contribution in [2.24, 2.45) is 0 Å². The van der Waals surface area contributed by atoms with Crippen molar-refractivity contribution in [2.75, 3.05) is 26.3 Å². The first-order chi connectivity index (χ1) is 13.8. The van der Waals surface area contributed by atoms with Crippen LogP contribution in [0.5, 0.6) is 17.4 Å². The molecule has 0 bridgehead atoms. The van der Waals surface area contributed by atoms with Crippen LogP contribution in [0.1, 0.15) is 29.8 Å². The van der Waals surface area contributed by atoms with E-state index in [0.29, 0.717) is 43.4 Å². The second-order valence-electron chi connectivity index (χ2n) is 6.36. The zero-order valence-electron chi connectivity index (χ0n) is 16.0. The third kappa shape index (κ3) is 4.90. The van der Waals surface area contributed by atoms with Crippen LogP contribution in [0.2, 0.25) is 0 Å². The standard InChI is InChI=1S/C20H21F3N2O4/c1-3-27-16-7-5-13(9-17(16)28-4-2)19(26)25-11-15(12-25)29-18-8-6-14(10-24-18)20(21,22)23/h5-10,15H,3-4,11-12H2,1-2H3. The molecule has 6 nitrogen and oxygen atoms in total. The summed E-state index contributed by atoms with van der Waals surface area (Å²) in [6.07, 6.45) is -4.03. The molecule has 1 amide bonds. The SMILES string of the molecule is CCOc1ccc(C(=O)N2CC(Oc3ccc(C(F)(F)F)cn3)C2)cc1OCC. The van der Waals surface area contributed by atoms with Gasteiger partial charge in [-0.15, -0.1) is 0 Å². The average Bonchev–Trinajstić information content (AvgIpc) is 2.65. The van der Waals surface area contributed by atoms with E-state index < -0.39 is 11.7 Å². The Kier molecular flexibility index (Phi) is 6.14. The topological polar surface area (TPSA) is 60.9 Å². The fourth-order valence-electron chi connectivity index (χ4n) is 2.83. The van der Waals surface area contributed by atoms with Gasteiger partial charge in [0.25, 0.3) is 5.91 Å². The number of aromatic nitrogens is 1. The summed E-state index contributed by atoms with van der Waals surface area (Å²) in [5.74, 6) is 0.982. The Morgan fingerprint density at radius 1 is 1.10 bits per heavy atom. The van der Waals surface area contributed by atoms with Gasteiger partial charge >= 0.3 is 6.18 Å². The molecular formula is C20H21F3N2O4. The molecule has 3 rings (SSSR count). The van der Waals surface area contributed by atoms with Crippen molar-refractivity contribution in [3.63, 3.8) is 0 Å². The number of ether oxygens (including phenoxy) is 3. The summed E-state index contributed by atoms with van der Waals surface area (Å²) in [4.78, 5) is 17.9. The second-order valence-corrected chi connectivity index (χ2v) is 6.36. The maximum Gasteiger partial charge on any atom is 0.417 e. The molecule has 0 spiro atoms. The number of hydrogen-bond acceptors (Lipinski definition) is 5. The molecule has 1 aliphatic rings. The third-order valence-corrected chi connectivity index (χ3v) is 4.28. The molecule has 0 unspecified atom stereocenters. The Hall–Kier alpha value is -2.97. The van der Waals surface area contributed by atoms with E-state index in [1.54, 1.807) is 23.1 Å². The van der Waals surface area contributed by atoms with E-state index in [-0.39, 0.29) is 17.9 Å². The molecule has 9 heteroatoms. The van der Waals surface area contributed by atoms with Crippen molar-refractivity contribution < 1.29 is 32.2 Å². The van der Waals surface area contributed by atoms with Crippen LogP contribution in [0, 0.1) is 0 Å². The van der Waals surface area contributed by atoms with Crippen molar-refractivity contribution in [3.05, 3.63) is 47.7 Å². The number of nitrogens with zero attached hydrogens (tertiary/aromatic N) is 2. The highest BCUT2D eigenvalue weighted by atomic mass is 19.4. The number of alkyl halides is 3. The fraction of sp³-hybridized carbons (Fsp3) is 0.400. The number of benzene rings is 1. The Bertz CT molecular complexity index is 850. The highest BCUT2D eigenvalue weighted by Crippen LogP contribution is 2.31. The van der Waals surface area contributed by atoms with Crippen LogP contribution in [0.4, 0.5) is 13.2 Å². The minimum atomic E-state index is -4.44. The molecule has 2 aromatic rings. The number of carbonyl (C=O) groups excluding carboxylic acids is 1. The van der Waals surface area contributed by atoms with E-state index in [4.69, 9.17) is 14.2 Å². The van der Waals surface area contributed by atoms with Crippen LogP contribution in [0.15, 0.2) is 36.5 Å². The number of carbonyl (C=O) groups is 1. The lowest BCUT2D eigenvalue weighted by Crippen LogP contribution is -2.56. The molecule has 1 aliphatic heterocycles. The van der Waals surface area contributed by atoms with Crippen LogP contribution in [-0.2, 0) is 6.18 Å². The lowest BCUT2D eigenvalue weighted by atomic mass is 10.1. The minimum absolute atomic E-state index is 0.0924. The Labute approximate surface area is 166 Å². The van der Waals surface area contributed by atoms with E-state index in [1.807, 2.05) is 13.8 Å². The second kappa shape index (κ2) is 8.59. The van der Waals surface area contributed by atoms with Crippen LogP contribution in [0.25, 0.3) is 0 Å². The summed E-state index contributed by atoms with van der Waals surface area (Å²) in [6.45, 7) is 5.27. The van der Waals surface area contributed by atoms with E-state index in [1.165, 1.54) is 6.07 Å². The molecule has 0 N–H and O–H groups in total. The normalized spacial score (nSPS) is 14.3. The molecule has 29 heavy (non-hydrogen) atoms. The van der Waals surface area contributed by atoms with E-state index in [0.717, 1.165) is 12.3 Å². The van der Waals surface area contributed by atoms with Crippen LogP contribution in [-0.4, -0.2) is 48.2 Å². The van der Waals surface area contributed by atoms with Crippen molar-refractivity contribution in [1.82, 2.24) is 9.88 Å². The van der Waals surface area contributed by atoms with Gasteiger partial charge in [-0.3, -0.25) is 4.79 Å². The van der Waals surface area contributed by atoms with Gasteiger partial charge in [0.05, 0.1) is 31.9 Å². The van der Waals surface area contributed by atoms with E-state index in [2.05, 4.69) is 4.98 Å². The lowest BCUT2D eigenvalue weighted by molar-refractivity contribution is -0.137. The van der Waals surface area contributed by atoms with Gasteiger partial charge in [0.15, 0.2) is 11.5 Å². The summed E-state index contributed by atoms with van der Waals surface area (Å²) in [7, 11) is 0. The first kappa shape index (κ1) is 20.8. The van der Waals surface area contributed by atoms with Crippen molar-refractivity contribution in [1.29, 1.82) is 0 Å². The Balaban J connectivity index is 1.58. The van der Waals surface area contributed by atoms with Crippen LogP contribution in [0.3, 0.4) is 0 Å². The Morgan fingerprint density at radius 2 is 1.79 bits per heavy atom. The predicted molar refractivity (Wildman–Crippen MR) is 98.3 cm³/mol. The molecule has 0 aliphatic carbocycles. The maximum absolute atomic E-state index is 12.6. The van der Waals surface area contributed by atoms with Crippen molar-refractivity contribution in [2.45, 2.75) is 26.1 Å². The fourth-order valence-corrected chi connectivity index (χ4v) is 2.83. The minimum Gasteiger partial charge on any atom is -0.490 e. The van der Waals surface area contributed by atoms with Crippen molar-refractivity contribution in [3.8, 4) is 17.4 Å². The van der Waals surface area contributed by atoms with Gasteiger partial charge < -0.3 is 19.1 Å². The highest BCUT2D eigenvalue weighted by molar-refractivity contribution is 5.95. The smallest absolute Gasteiger partial charge is 0.417 e. The molecule has 0 atom stereocenters. The summed E-state index contributed by atoms with van der Waals surface area (Å²) < 4.78 is 54.2. The maximum atomic E-state index is 12.6. The molecule has 1 fully saturated rings. The molecule has 1 aromatic heterocycles. The number of likely N-dealkylation sites (tertiary alicyclic amines) is 1. The van der Waals surface area contributed by atoms with Gasteiger partial charge in [0, 0.05) is 17.8 Å². The van der Waals surface area contributed by atoms with Gasteiger partial charge in [0.2, 0.25) is 5.88 Å². The zero-order chi connectivity index (χ0) is 21.0.